The van der Waals surface area contributed by atoms with Crippen LogP contribution in [0.5, 0.6) is 0 Å². The largest absolute Gasteiger partial charge is 0.298 e. The van der Waals surface area contributed by atoms with E-state index < -0.39 is 4.92 Å². The van der Waals surface area contributed by atoms with Gasteiger partial charge in [-0.2, -0.15) is 0 Å². The van der Waals surface area contributed by atoms with Crippen LogP contribution < -0.4 is 0 Å². The molecule has 0 aliphatic carbocycles. The lowest BCUT2D eigenvalue weighted by atomic mass is 10.3. The van der Waals surface area contributed by atoms with Crippen LogP contribution in [0.25, 0.3) is 0 Å². The Balaban J connectivity index is 3.10. The van der Waals surface area contributed by atoms with Crippen molar-refractivity contribution in [1.29, 1.82) is 0 Å². The minimum atomic E-state index is -0.597. The van der Waals surface area contributed by atoms with Crippen molar-refractivity contribution in [2.45, 2.75) is 0 Å². The standard InChI is InChI=1S/C6H4N2O3/c9-4-5-1-6(8(10)11)3-7-2-5/h1-4H. The maximum Gasteiger partial charge on any atom is 0.288 e. The second-order valence-corrected chi connectivity index (χ2v) is 1.85. The minimum Gasteiger partial charge on any atom is -0.298 e. The molecule has 0 saturated carbocycles. The summed E-state index contributed by atoms with van der Waals surface area (Å²) in [6.45, 7) is 0. The fourth-order valence-electron chi connectivity index (χ4n) is 0.609. The number of carbonyl (C=O) groups excluding carboxylic acids is 1. The number of aldehydes is 1. The zero-order chi connectivity index (χ0) is 8.27. The highest BCUT2D eigenvalue weighted by atomic mass is 16.6. The summed E-state index contributed by atoms with van der Waals surface area (Å²) < 4.78 is 0. The molecular formula is C6H4N2O3. The quantitative estimate of drug-likeness (QED) is 0.357. The summed E-state index contributed by atoms with van der Waals surface area (Å²) in [6.07, 6.45) is 2.87. The van der Waals surface area contributed by atoms with E-state index in [2.05, 4.69) is 4.98 Å². The van der Waals surface area contributed by atoms with Gasteiger partial charge in [0.1, 0.15) is 6.20 Å². The predicted octanol–water partition coefficient (Wildman–Crippen LogP) is 0.802. The Morgan fingerprint density at radius 3 is 2.82 bits per heavy atom. The summed E-state index contributed by atoms with van der Waals surface area (Å²) in [5, 5.41) is 10.1. The lowest BCUT2D eigenvalue weighted by molar-refractivity contribution is -0.385. The number of nitrogens with zero attached hydrogens (tertiary/aromatic N) is 2. The molecule has 1 aromatic heterocycles. The first-order valence-corrected chi connectivity index (χ1v) is 2.78. The Hall–Kier alpha value is -1.78. The molecule has 5 nitrogen and oxygen atoms in total. The number of pyridine rings is 1. The Labute approximate surface area is 61.8 Å². The summed E-state index contributed by atoms with van der Waals surface area (Å²) in [5.41, 5.74) is 0.0359. The SMILES string of the molecule is O=Cc1cncc([N+](=O)[O-])c1. The maximum absolute atomic E-state index is 10.1. The first kappa shape index (κ1) is 7.33. The van der Waals surface area contributed by atoms with Crippen molar-refractivity contribution in [3.8, 4) is 0 Å². The van der Waals surface area contributed by atoms with Gasteiger partial charge in [0.05, 0.1) is 4.92 Å². The Kier molecular flexibility index (Phi) is 1.91. The Bertz CT molecular complexity index is 298. The van der Waals surface area contributed by atoms with Gasteiger partial charge in [0, 0.05) is 17.8 Å². The number of hydrogen-bond donors (Lipinski definition) is 0. The number of aromatic nitrogens is 1. The van der Waals surface area contributed by atoms with E-state index in [1.54, 1.807) is 0 Å². The highest BCUT2D eigenvalue weighted by molar-refractivity contribution is 5.75. The van der Waals surface area contributed by atoms with Gasteiger partial charge in [0.2, 0.25) is 0 Å². The van der Waals surface area contributed by atoms with Crippen molar-refractivity contribution < 1.29 is 9.72 Å². The Morgan fingerprint density at radius 2 is 2.27 bits per heavy atom. The van der Waals surface area contributed by atoms with Crippen LogP contribution in [0.2, 0.25) is 0 Å². The molecule has 0 spiro atoms. The smallest absolute Gasteiger partial charge is 0.288 e. The molecule has 5 heteroatoms. The van der Waals surface area contributed by atoms with Gasteiger partial charge in [-0.3, -0.25) is 19.9 Å². The van der Waals surface area contributed by atoms with Crippen LogP contribution >= 0.6 is 0 Å². The van der Waals surface area contributed by atoms with Crippen molar-refractivity contribution in [2.24, 2.45) is 0 Å². The van der Waals surface area contributed by atoms with Crippen molar-refractivity contribution >= 4 is 12.0 Å². The van der Waals surface area contributed by atoms with E-state index in [4.69, 9.17) is 0 Å². The van der Waals surface area contributed by atoms with Gasteiger partial charge in [-0.15, -0.1) is 0 Å². The second-order valence-electron chi connectivity index (χ2n) is 1.85. The number of carbonyl (C=O) groups is 1. The highest BCUT2D eigenvalue weighted by Gasteiger charge is 2.04. The van der Waals surface area contributed by atoms with E-state index in [0.717, 1.165) is 6.20 Å². The average molecular weight is 152 g/mol. The monoisotopic (exact) mass is 152 g/mol. The van der Waals surface area contributed by atoms with Gasteiger partial charge in [0.15, 0.2) is 6.29 Å². The summed E-state index contributed by atoms with van der Waals surface area (Å²) in [5.74, 6) is 0. The van der Waals surface area contributed by atoms with Crippen LogP contribution in [-0.4, -0.2) is 16.2 Å². The summed E-state index contributed by atoms with van der Waals surface area (Å²) in [6, 6.07) is 1.17. The number of nitro groups is 1. The van der Waals surface area contributed by atoms with Crippen LogP contribution in [0.4, 0.5) is 5.69 Å². The van der Waals surface area contributed by atoms with Gasteiger partial charge >= 0.3 is 0 Å². The topological polar surface area (TPSA) is 73.1 Å². The zero-order valence-corrected chi connectivity index (χ0v) is 5.43. The molecule has 1 aromatic rings. The van der Waals surface area contributed by atoms with Crippen molar-refractivity contribution in [3.63, 3.8) is 0 Å². The third-order valence-electron chi connectivity index (χ3n) is 1.09. The number of rotatable bonds is 2. The molecule has 1 rings (SSSR count). The second kappa shape index (κ2) is 2.87. The molecule has 0 aliphatic rings. The van der Waals surface area contributed by atoms with Crippen molar-refractivity contribution in [3.05, 3.63) is 34.1 Å². The molecule has 0 unspecified atom stereocenters. The number of hydrogen-bond acceptors (Lipinski definition) is 4. The fourth-order valence-corrected chi connectivity index (χ4v) is 0.609. The van der Waals surface area contributed by atoms with E-state index in [9.17, 15) is 14.9 Å². The van der Waals surface area contributed by atoms with Gasteiger partial charge in [-0.05, 0) is 0 Å². The van der Waals surface area contributed by atoms with Crippen molar-refractivity contribution in [1.82, 2.24) is 4.98 Å². The zero-order valence-electron chi connectivity index (χ0n) is 5.43. The molecule has 0 amide bonds. The molecule has 0 radical (unpaired) electrons. The third kappa shape index (κ3) is 1.57. The Morgan fingerprint density at radius 1 is 1.55 bits per heavy atom. The molecule has 1 heterocycles. The first-order chi connectivity index (χ1) is 5.24. The maximum atomic E-state index is 10.1. The van der Waals surface area contributed by atoms with Crippen LogP contribution in [0.1, 0.15) is 10.4 Å². The summed E-state index contributed by atoms with van der Waals surface area (Å²) in [4.78, 5) is 23.1. The molecular weight excluding hydrogens is 148 g/mol. The van der Waals surface area contributed by atoms with E-state index >= 15 is 0 Å². The molecule has 0 fully saturated rings. The molecule has 0 atom stereocenters. The van der Waals surface area contributed by atoms with E-state index in [1.807, 2.05) is 0 Å². The van der Waals surface area contributed by atoms with Crippen molar-refractivity contribution in [2.75, 3.05) is 0 Å². The molecule has 0 N–H and O–H groups in total. The molecule has 0 bridgehead atoms. The molecule has 56 valence electrons. The lowest BCUT2D eigenvalue weighted by Crippen LogP contribution is -1.90. The van der Waals surface area contributed by atoms with Crippen LogP contribution in [-0.2, 0) is 0 Å². The van der Waals surface area contributed by atoms with Crippen LogP contribution in [0, 0.1) is 10.1 Å². The first-order valence-electron chi connectivity index (χ1n) is 2.78. The molecule has 0 aliphatic heterocycles. The molecule has 0 saturated heterocycles. The van der Waals surface area contributed by atoms with E-state index in [0.29, 0.717) is 6.29 Å². The van der Waals surface area contributed by atoms with E-state index in [1.165, 1.54) is 12.3 Å². The molecule has 0 aromatic carbocycles. The fraction of sp³-hybridized carbons (Fsp3) is 0. The summed E-state index contributed by atoms with van der Waals surface area (Å²) in [7, 11) is 0. The van der Waals surface area contributed by atoms with E-state index in [-0.39, 0.29) is 11.3 Å². The lowest BCUT2D eigenvalue weighted by Gasteiger charge is -1.89. The van der Waals surface area contributed by atoms with Gasteiger partial charge < -0.3 is 0 Å². The van der Waals surface area contributed by atoms with Gasteiger partial charge in [-0.25, -0.2) is 0 Å². The van der Waals surface area contributed by atoms with Gasteiger partial charge in [0.25, 0.3) is 5.69 Å². The minimum absolute atomic E-state index is 0.172. The predicted molar refractivity (Wildman–Crippen MR) is 36.3 cm³/mol. The third-order valence-corrected chi connectivity index (χ3v) is 1.09. The van der Waals surface area contributed by atoms with Crippen LogP contribution in [0.3, 0.4) is 0 Å². The highest BCUT2D eigenvalue weighted by Crippen LogP contribution is 2.08. The average Bonchev–Trinajstić information content (AvgIpc) is 2.05. The normalized spacial score (nSPS) is 9.09. The van der Waals surface area contributed by atoms with Gasteiger partial charge in [-0.1, -0.05) is 0 Å². The van der Waals surface area contributed by atoms with Crippen LogP contribution in [0.15, 0.2) is 18.5 Å². The summed E-state index contributed by atoms with van der Waals surface area (Å²) >= 11 is 0. The molecule has 11 heavy (non-hydrogen) atoms.